The highest BCUT2D eigenvalue weighted by atomic mass is 32.2. The number of hydrogen-bond donors (Lipinski definition) is 0. The van der Waals surface area contributed by atoms with Crippen molar-refractivity contribution in [1.82, 2.24) is 9.80 Å². The number of ether oxygens (including phenoxy) is 1. The Labute approximate surface area is 193 Å². The summed E-state index contributed by atoms with van der Waals surface area (Å²) >= 11 is 0. The van der Waals surface area contributed by atoms with Gasteiger partial charge in [-0.2, -0.15) is 0 Å². The van der Waals surface area contributed by atoms with Gasteiger partial charge in [0.05, 0.1) is 28.7 Å². The lowest BCUT2D eigenvalue weighted by Gasteiger charge is -2.54. The predicted octanol–water partition coefficient (Wildman–Crippen LogP) is 3.76. The van der Waals surface area contributed by atoms with Gasteiger partial charge in [0.15, 0.2) is 9.84 Å². The number of piperazine rings is 1. The summed E-state index contributed by atoms with van der Waals surface area (Å²) in [7, 11) is -2.99. The van der Waals surface area contributed by atoms with E-state index in [0.717, 1.165) is 57.8 Å². The van der Waals surface area contributed by atoms with Crippen LogP contribution in [-0.2, 0) is 19.4 Å². The van der Waals surface area contributed by atoms with Crippen LogP contribution in [0.4, 0.5) is 4.79 Å². The molecule has 4 fully saturated rings. The van der Waals surface area contributed by atoms with Gasteiger partial charge in [0, 0.05) is 19.5 Å². The summed E-state index contributed by atoms with van der Waals surface area (Å²) in [4.78, 5) is 29.2. The number of amides is 2. The van der Waals surface area contributed by atoms with E-state index in [4.69, 9.17) is 4.74 Å². The molecule has 3 saturated carbocycles. The van der Waals surface area contributed by atoms with Crippen molar-refractivity contribution in [3.05, 3.63) is 0 Å². The van der Waals surface area contributed by atoms with Crippen molar-refractivity contribution in [3.63, 3.8) is 0 Å². The van der Waals surface area contributed by atoms with Crippen molar-refractivity contribution in [2.45, 2.75) is 120 Å². The van der Waals surface area contributed by atoms with Crippen LogP contribution < -0.4 is 0 Å². The number of hydrogen-bond acceptors (Lipinski definition) is 5. The molecule has 7 nitrogen and oxygen atoms in total. The van der Waals surface area contributed by atoms with Gasteiger partial charge in [-0.25, -0.2) is 13.2 Å². The van der Waals surface area contributed by atoms with E-state index in [1.165, 1.54) is 0 Å². The molecule has 0 spiro atoms. The summed E-state index contributed by atoms with van der Waals surface area (Å²) in [6.45, 7) is 7.83. The molecule has 1 aliphatic heterocycles. The topological polar surface area (TPSA) is 84.0 Å². The van der Waals surface area contributed by atoms with Crippen LogP contribution in [0.1, 0.15) is 85.5 Å². The Kier molecular flexibility index (Phi) is 6.81. The molecular weight excluding hydrogens is 428 g/mol. The van der Waals surface area contributed by atoms with Gasteiger partial charge in [-0.05, 0) is 77.6 Å². The maximum absolute atomic E-state index is 13.0. The summed E-state index contributed by atoms with van der Waals surface area (Å²) in [6, 6.07) is -0.0740. The largest absolute Gasteiger partial charge is 0.447 e. The standard InChI is InChI=1S/C24H40N2O5S/c1-15(2)31-24(28)25-14-16(3)26(17(4)27)22-11-8-19(13-23(22)25)18-6-5-7-21(12-18)32(29,30)20-9-10-20/h15-16,18-23H,5-14H2,1-4H3/t16-,18?,19?,21?,22?,23?/m0/s1. The molecule has 0 bridgehead atoms. The van der Waals surface area contributed by atoms with Crippen LogP contribution in [0.2, 0.25) is 0 Å². The molecule has 1 saturated heterocycles. The minimum Gasteiger partial charge on any atom is -0.447 e. The molecule has 32 heavy (non-hydrogen) atoms. The van der Waals surface area contributed by atoms with Crippen LogP contribution in [0, 0.1) is 11.8 Å². The second-order valence-electron chi connectivity index (χ2n) is 10.9. The summed E-state index contributed by atoms with van der Waals surface area (Å²) in [5, 5.41) is -0.277. The van der Waals surface area contributed by atoms with Crippen molar-refractivity contribution < 1.29 is 22.7 Å². The molecule has 0 N–H and O–H groups in total. The molecule has 1 heterocycles. The average Bonchev–Trinajstić information content (AvgIpc) is 3.58. The third kappa shape index (κ3) is 4.66. The molecule has 2 amide bonds. The SMILES string of the molecule is CC(=O)N1C2CCC(C3CCCC(S(=O)(=O)C4CC4)C3)CC2N(C(=O)OC(C)C)C[C@@H]1C. The Hall–Kier alpha value is -1.31. The highest BCUT2D eigenvalue weighted by Gasteiger charge is 2.49. The predicted molar refractivity (Wildman–Crippen MR) is 123 cm³/mol. The van der Waals surface area contributed by atoms with E-state index in [1.54, 1.807) is 6.92 Å². The number of carbonyl (C=O) groups is 2. The molecule has 3 aliphatic carbocycles. The Bertz CT molecular complexity index is 824. The third-order valence-electron chi connectivity index (χ3n) is 8.24. The summed E-state index contributed by atoms with van der Waals surface area (Å²) in [5.41, 5.74) is 0. The number of carbonyl (C=O) groups excluding carboxylic acids is 2. The first kappa shape index (κ1) is 23.8. The van der Waals surface area contributed by atoms with Crippen molar-refractivity contribution in [2.24, 2.45) is 11.8 Å². The Morgan fingerprint density at radius 1 is 0.906 bits per heavy atom. The Morgan fingerprint density at radius 2 is 1.59 bits per heavy atom. The van der Waals surface area contributed by atoms with E-state index in [2.05, 4.69) is 0 Å². The van der Waals surface area contributed by atoms with E-state index < -0.39 is 9.84 Å². The quantitative estimate of drug-likeness (QED) is 0.627. The van der Waals surface area contributed by atoms with E-state index in [-0.39, 0.29) is 46.7 Å². The van der Waals surface area contributed by atoms with Gasteiger partial charge >= 0.3 is 6.09 Å². The minimum absolute atomic E-state index is 0.0156. The van der Waals surface area contributed by atoms with Crippen LogP contribution >= 0.6 is 0 Å². The van der Waals surface area contributed by atoms with Gasteiger partial charge < -0.3 is 14.5 Å². The van der Waals surface area contributed by atoms with Gasteiger partial charge in [0.2, 0.25) is 5.91 Å². The van der Waals surface area contributed by atoms with E-state index in [9.17, 15) is 18.0 Å². The molecule has 0 aromatic rings. The third-order valence-corrected chi connectivity index (χ3v) is 11.0. The second kappa shape index (κ2) is 9.15. The fraction of sp³-hybridized carbons (Fsp3) is 0.917. The lowest BCUT2D eigenvalue weighted by molar-refractivity contribution is -0.142. The molecule has 6 atom stereocenters. The Morgan fingerprint density at radius 3 is 2.22 bits per heavy atom. The lowest BCUT2D eigenvalue weighted by atomic mass is 9.69. The van der Waals surface area contributed by atoms with Gasteiger partial charge in [-0.15, -0.1) is 0 Å². The second-order valence-corrected chi connectivity index (χ2v) is 13.4. The number of sulfone groups is 1. The number of rotatable bonds is 4. The Balaban J connectivity index is 1.51. The van der Waals surface area contributed by atoms with Crippen molar-refractivity contribution in [1.29, 1.82) is 0 Å². The molecule has 182 valence electrons. The van der Waals surface area contributed by atoms with Crippen molar-refractivity contribution in [2.75, 3.05) is 6.54 Å². The first-order valence-electron chi connectivity index (χ1n) is 12.6. The first-order chi connectivity index (χ1) is 15.1. The van der Waals surface area contributed by atoms with Crippen LogP contribution in [0.15, 0.2) is 0 Å². The molecular formula is C24H40N2O5S. The maximum atomic E-state index is 13.0. The molecule has 4 aliphatic rings. The zero-order valence-electron chi connectivity index (χ0n) is 20.0. The van der Waals surface area contributed by atoms with Crippen molar-refractivity contribution in [3.8, 4) is 0 Å². The van der Waals surface area contributed by atoms with Crippen molar-refractivity contribution >= 4 is 21.8 Å². The number of fused-ring (bicyclic) bond motifs is 1. The highest BCUT2D eigenvalue weighted by molar-refractivity contribution is 7.92. The van der Waals surface area contributed by atoms with Crippen LogP contribution in [0.3, 0.4) is 0 Å². The van der Waals surface area contributed by atoms with E-state index in [0.29, 0.717) is 18.4 Å². The zero-order valence-corrected chi connectivity index (χ0v) is 20.9. The number of nitrogens with zero attached hydrogens (tertiary/aromatic N) is 2. The molecule has 8 heteroatoms. The molecule has 5 unspecified atom stereocenters. The lowest BCUT2D eigenvalue weighted by Crippen LogP contribution is -2.67. The molecule has 4 rings (SSSR count). The van der Waals surface area contributed by atoms with E-state index in [1.807, 2.05) is 30.6 Å². The van der Waals surface area contributed by atoms with Gasteiger partial charge in [-0.3, -0.25) is 4.79 Å². The average molecular weight is 469 g/mol. The van der Waals surface area contributed by atoms with Crippen LogP contribution in [0.5, 0.6) is 0 Å². The first-order valence-corrected chi connectivity index (χ1v) is 14.2. The summed E-state index contributed by atoms with van der Waals surface area (Å²) < 4.78 is 31.3. The fourth-order valence-electron chi connectivity index (χ4n) is 6.68. The zero-order chi connectivity index (χ0) is 23.2. The normalized spacial score (nSPS) is 36.0. The van der Waals surface area contributed by atoms with Crippen LogP contribution in [0.25, 0.3) is 0 Å². The fourth-order valence-corrected chi connectivity index (χ4v) is 9.03. The molecule has 0 aromatic heterocycles. The molecule has 0 aromatic carbocycles. The van der Waals surface area contributed by atoms with Crippen LogP contribution in [-0.4, -0.2) is 71.5 Å². The van der Waals surface area contributed by atoms with Gasteiger partial charge in [0.25, 0.3) is 0 Å². The highest BCUT2D eigenvalue weighted by Crippen LogP contribution is 2.45. The van der Waals surface area contributed by atoms with Gasteiger partial charge in [0.1, 0.15) is 0 Å². The van der Waals surface area contributed by atoms with E-state index >= 15 is 0 Å². The van der Waals surface area contributed by atoms with Gasteiger partial charge in [-0.1, -0.05) is 12.8 Å². The maximum Gasteiger partial charge on any atom is 0.410 e. The monoisotopic (exact) mass is 468 g/mol. The summed E-state index contributed by atoms with van der Waals surface area (Å²) in [6.07, 6.45) is 7.49. The minimum atomic E-state index is -2.99. The summed E-state index contributed by atoms with van der Waals surface area (Å²) in [5.74, 6) is 0.845. The smallest absolute Gasteiger partial charge is 0.410 e. The molecule has 0 radical (unpaired) electrons.